The van der Waals surface area contributed by atoms with Crippen molar-refractivity contribution in [2.45, 2.75) is 25.5 Å². The van der Waals surface area contributed by atoms with Crippen LogP contribution in [0.15, 0.2) is 28.7 Å². The Morgan fingerprint density at radius 3 is 2.94 bits per heavy atom. The molecule has 1 aromatic carbocycles. The molecular formula is C14H18BrNO2. The molecule has 1 aliphatic heterocycles. The zero-order chi connectivity index (χ0) is 13.1. The van der Waals surface area contributed by atoms with Gasteiger partial charge >= 0.3 is 0 Å². The Kier molecular flexibility index (Phi) is 4.54. The molecule has 0 bridgehead atoms. The second kappa shape index (κ2) is 5.95. The van der Waals surface area contributed by atoms with E-state index in [0.717, 1.165) is 23.1 Å². The van der Waals surface area contributed by atoms with E-state index in [-0.39, 0.29) is 11.9 Å². The van der Waals surface area contributed by atoms with Crippen LogP contribution in [0, 0.1) is 0 Å². The van der Waals surface area contributed by atoms with Crippen LogP contribution in [0.1, 0.15) is 23.7 Å². The summed E-state index contributed by atoms with van der Waals surface area (Å²) in [4.78, 5) is 14.3. The fourth-order valence-corrected chi connectivity index (χ4v) is 2.80. The highest BCUT2D eigenvalue weighted by Gasteiger charge is 2.28. The Morgan fingerprint density at radius 1 is 1.56 bits per heavy atom. The number of carbonyl (C=O) groups is 1. The number of carbonyl (C=O) groups excluding carboxylic acids is 1. The lowest BCUT2D eigenvalue weighted by atomic mass is 10.1. The molecule has 1 saturated heterocycles. The lowest BCUT2D eigenvalue weighted by molar-refractivity contribution is 0.0745. The molecule has 0 spiro atoms. The van der Waals surface area contributed by atoms with Crippen molar-refractivity contribution in [1.82, 2.24) is 4.90 Å². The van der Waals surface area contributed by atoms with Crippen molar-refractivity contribution in [2.24, 2.45) is 0 Å². The summed E-state index contributed by atoms with van der Waals surface area (Å²) < 4.78 is 6.47. The summed E-state index contributed by atoms with van der Waals surface area (Å²) in [5, 5.41) is 0. The highest BCUT2D eigenvalue weighted by atomic mass is 79.9. The van der Waals surface area contributed by atoms with Crippen LogP contribution in [0.2, 0.25) is 0 Å². The topological polar surface area (TPSA) is 29.5 Å². The van der Waals surface area contributed by atoms with Crippen molar-refractivity contribution in [3.05, 3.63) is 34.3 Å². The number of hydrogen-bond donors (Lipinski definition) is 0. The molecule has 3 nitrogen and oxygen atoms in total. The normalized spacial score (nSPS) is 23.6. The van der Waals surface area contributed by atoms with E-state index >= 15 is 0 Å². The highest BCUT2D eigenvalue weighted by Crippen LogP contribution is 2.19. The van der Waals surface area contributed by atoms with E-state index in [2.05, 4.69) is 27.8 Å². The maximum Gasteiger partial charge on any atom is 0.176 e. The maximum atomic E-state index is 12.2. The van der Waals surface area contributed by atoms with Gasteiger partial charge in [0.2, 0.25) is 0 Å². The van der Waals surface area contributed by atoms with Crippen molar-refractivity contribution < 1.29 is 9.53 Å². The van der Waals surface area contributed by atoms with Gasteiger partial charge < -0.3 is 4.74 Å². The molecule has 2 unspecified atom stereocenters. The zero-order valence-electron chi connectivity index (χ0n) is 10.7. The summed E-state index contributed by atoms with van der Waals surface area (Å²) in [6.07, 6.45) is 1.22. The molecule has 1 aromatic rings. The number of Topliss-reactive ketones (excluding diaryl/α,β-unsaturated/α-hetero) is 1. The van der Waals surface area contributed by atoms with Gasteiger partial charge in [0.25, 0.3) is 0 Å². The van der Waals surface area contributed by atoms with Gasteiger partial charge in [0.05, 0.1) is 12.6 Å². The molecule has 0 aliphatic carbocycles. The Hall–Kier alpha value is -0.710. The number of rotatable bonds is 4. The average molecular weight is 312 g/mol. The number of ketones is 1. The first kappa shape index (κ1) is 13.7. The first-order chi connectivity index (χ1) is 8.58. The van der Waals surface area contributed by atoms with Crippen LogP contribution in [-0.4, -0.2) is 43.0 Å². The molecular weight excluding hydrogens is 294 g/mol. The SMILES string of the molecule is CC1OCCC1N(C)CC(=O)c1cccc(Br)c1. The summed E-state index contributed by atoms with van der Waals surface area (Å²) in [6, 6.07) is 7.88. The van der Waals surface area contributed by atoms with Crippen LogP contribution in [0.4, 0.5) is 0 Å². The van der Waals surface area contributed by atoms with Crippen LogP contribution < -0.4 is 0 Å². The van der Waals surface area contributed by atoms with Gasteiger partial charge in [0.1, 0.15) is 0 Å². The van der Waals surface area contributed by atoms with Gasteiger partial charge in [-0.3, -0.25) is 9.69 Å². The van der Waals surface area contributed by atoms with Crippen molar-refractivity contribution >= 4 is 21.7 Å². The fourth-order valence-electron chi connectivity index (χ4n) is 2.40. The minimum atomic E-state index is 0.151. The van der Waals surface area contributed by atoms with Gasteiger partial charge in [-0.25, -0.2) is 0 Å². The van der Waals surface area contributed by atoms with Gasteiger partial charge in [-0.15, -0.1) is 0 Å². The molecule has 1 aliphatic rings. The minimum Gasteiger partial charge on any atom is -0.377 e. The predicted octanol–water partition coefficient (Wildman–Crippen LogP) is 2.74. The summed E-state index contributed by atoms with van der Waals surface area (Å²) in [5.41, 5.74) is 0.753. The zero-order valence-corrected chi connectivity index (χ0v) is 12.3. The van der Waals surface area contributed by atoms with Crippen LogP contribution in [0.3, 0.4) is 0 Å². The second-order valence-corrected chi connectivity index (χ2v) is 5.70. The van der Waals surface area contributed by atoms with Gasteiger partial charge in [-0.05, 0) is 32.5 Å². The number of likely N-dealkylation sites (N-methyl/N-ethyl adjacent to an activating group) is 1. The smallest absolute Gasteiger partial charge is 0.176 e. The maximum absolute atomic E-state index is 12.2. The lowest BCUT2D eigenvalue weighted by Crippen LogP contribution is -2.39. The number of halogens is 1. The van der Waals surface area contributed by atoms with Gasteiger partial charge in [-0.1, -0.05) is 28.1 Å². The summed E-state index contributed by atoms with van der Waals surface area (Å²) in [7, 11) is 1.99. The lowest BCUT2D eigenvalue weighted by Gasteiger charge is -2.25. The van der Waals surface area contributed by atoms with Gasteiger partial charge in [-0.2, -0.15) is 0 Å². The standard InChI is InChI=1S/C14H18BrNO2/c1-10-13(6-7-18-10)16(2)9-14(17)11-4-3-5-12(15)8-11/h3-5,8,10,13H,6-7,9H2,1-2H3. The van der Waals surface area contributed by atoms with Crippen molar-refractivity contribution in [3.63, 3.8) is 0 Å². The molecule has 4 heteroatoms. The van der Waals surface area contributed by atoms with Crippen molar-refractivity contribution in [2.75, 3.05) is 20.2 Å². The third-order valence-corrected chi connectivity index (χ3v) is 3.94. The molecule has 0 radical (unpaired) electrons. The largest absolute Gasteiger partial charge is 0.377 e. The molecule has 2 atom stereocenters. The van der Waals surface area contributed by atoms with E-state index < -0.39 is 0 Å². The second-order valence-electron chi connectivity index (χ2n) is 4.78. The third-order valence-electron chi connectivity index (χ3n) is 3.44. The Labute approximate surface area is 116 Å². The summed E-state index contributed by atoms with van der Waals surface area (Å²) in [5.74, 6) is 0.151. The minimum absolute atomic E-state index is 0.151. The summed E-state index contributed by atoms with van der Waals surface area (Å²) >= 11 is 3.39. The molecule has 0 N–H and O–H groups in total. The van der Waals surface area contributed by atoms with Gasteiger partial charge in [0, 0.05) is 22.7 Å². The van der Waals surface area contributed by atoms with Crippen LogP contribution in [0.25, 0.3) is 0 Å². The van der Waals surface area contributed by atoms with Crippen molar-refractivity contribution in [1.29, 1.82) is 0 Å². The van der Waals surface area contributed by atoms with E-state index in [1.54, 1.807) is 0 Å². The molecule has 1 fully saturated rings. The average Bonchev–Trinajstić information content (AvgIpc) is 2.75. The molecule has 98 valence electrons. The van der Waals surface area contributed by atoms with E-state index in [0.29, 0.717) is 12.6 Å². The van der Waals surface area contributed by atoms with Crippen LogP contribution in [-0.2, 0) is 4.74 Å². The summed E-state index contributed by atoms with van der Waals surface area (Å²) in [6.45, 7) is 3.30. The Balaban J connectivity index is 1.99. The van der Waals surface area contributed by atoms with Crippen LogP contribution >= 0.6 is 15.9 Å². The molecule has 18 heavy (non-hydrogen) atoms. The molecule has 0 saturated carbocycles. The fraction of sp³-hybridized carbons (Fsp3) is 0.500. The molecule has 1 heterocycles. The molecule has 0 amide bonds. The third kappa shape index (κ3) is 3.19. The quantitative estimate of drug-likeness (QED) is 0.801. The molecule has 2 rings (SSSR count). The van der Waals surface area contributed by atoms with E-state index in [1.165, 1.54) is 0 Å². The highest BCUT2D eigenvalue weighted by molar-refractivity contribution is 9.10. The van der Waals surface area contributed by atoms with Crippen LogP contribution in [0.5, 0.6) is 0 Å². The monoisotopic (exact) mass is 311 g/mol. The molecule has 0 aromatic heterocycles. The first-order valence-electron chi connectivity index (χ1n) is 6.18. The Morgan fingerprint density at radius 2 is 2.33 bits per heavy atom. The van der Waals surface area contributed by atoms with Crippen molar-refractivity contribution in [3.8, 4) is 0 Å². The van der Waals surface area contributed by atoms with E-state index in [4.69, 9.17) is 4.74 Å². The van der Waals surface area contributed by atoms with E-state index in [9.17, 15) is 4.79 Å². The number of benzene rings is 1. The number of nitrogens with zero attached hydrogens (tertiary/aromatic N) is 1. The first-order valence-corrected chi connectivity index (χ1v) is 6.98. The predicted molar refractivity (Wildman–Crippen MR) is 74.9 cm³/mol. The number of hydrogen-bond acceptors (Lipinski definition) is 3. The van der Waals surface area contributed by atoms with E-state index in [1.807, 2.05) is 31.3 Å². The number of ether oxygens (including phenoxy) is 1. The Bertz CT molecular complexity index is 436. The van der Waals surface area contributed by atoms with Gasteiger partial charge in [0.15, 0.2) is 5.78 Å².